The highest BCUT2D eigenvalue weighted by molar-refractivity contribution is 7.91. The molecule has 1 aromatic heterocycles. The normalized spacial score (nSPS) is 25.1. The van der Waals surface area contributed by atoms with Crippen LogP contribution in [0.4, 0.5) is 0 Å². The van der Waals surface area contributed by atoms with E-state index in [1.807, 2.05) is 32.9 Å². The Labute approximate surface area is 163 Å². The molecular formula is C21H32N2O3S. The minimum atomic E-state index is -2.93. The molecule has 2 saturated carbocycles. The number of hydrogen-bond donors (Lipinski definition) is 1. The zero-order chi connectivity index (χ0) is 19.7. The Bertz CT molecular complexity index is 794. The van der Waals surface area contributed by atoms with Crippen molar-refractivity contribution < 1.29 is 13.2 Å². The lowest BCUT2D eigenvalue weighted by Crippen LogP contribution is -2.48. The van der Waals surface area contributed by atoms with Gasteiger partial charge in [-0.15, -0.1) is 0 Å². The van der Waals surface area contributed by atoms with Crippen molar-refractivity contribution in [3.05, 3.63) is 29.1 Å². The van der Waals surface area contributed by atoms with Crippen molar-refractivity contribution in [3.8, 4) is 0 Å². The first-order valence-corrected chi connectivity index (χ1v) is 12.0. The minimum absolute atomic E-state index is 0.0720. The smallest absolute Gasteiger partial charge is 0.253 e. The summed E-state index contributed by atoms with van der Waals surface area (Å²) >= 11 is 0. The highest BCUT2D eigenvalue weighted by Crippen LogP contribution is 2.53. The van der Waals surface area contributed by atoms with Gasteiger partial charge in [0.2, 0.25) is 0 Å². The van der Waals surface area contributed by atoms with Gasteiger partial charge in [-0.1, -0.05) is 19.8 Å². The van der Waals surface area contributed by atoms with E-state index in [-0.39, 0.29) is 23.0 Å². The Hall–Kier alpha value is -1.43. The molecule has 0 aromatic carbocycles. The van der Waals surface area contributed by atoms with Crippen molar-refractivity contribution in [2.24, 2.45) is 17.3 Å². The van der Waals surface area contributed by atoms with Gasteiger partial charge < -0.3 is 5.32 Å². The maximum atomic E-state index is 12.6. The number of pyridine rings is 1. The topological polar surface area (TPSA) is 76.1 Å². The number of carbonyl (C=O) groups is 1. The first-order chi connectivity index (χ1) is 12.7. The maximum absolute atomic E-state index is 12.6. The highest BCUT2D eigenvalue weighted by Gasteiger charge is 2.48. The zero-order valence-electron chi connectivity index (χ0n) is 16.8. The van der Waals surface area contributed by atoms with E-state index >= 15 is 0 Å². The van der Waals surface area contributed by atoms with E-state index in [1.165, 1.54) is 12.8 Å². The molecule has 27 heavy (non-hydrogen) atoms. The first-order valence-electron chi connectivity index (χ1n) is 10.1. The zero-order valence-corrected chi connectivity index (χ0v) is 17.6. The van der Waals surface area contributed by atoms with Crippen molar-refractivity contribution in [1.29, 1.82) is 0 Å². The predicted molar refractivity (Wildman–Crippen MR) is 107 cm³/mol. The van der Waals surface area contributed by atoms with Crippen LogP contribution < -0.4 is 5.32 Å². The van der Waals surface area contributed by atoms with Crippen LogP contribution >= 0.6 is 0 Å². The highest BCUT2D eigenvalue weighted by atomic mass is 32.2. The molecule has 2 fully saturated rings. The van der Waals surface area contributed by atoms with E-state index in [1.54, 1.807) is 0 Å². The van der Waals surface area contributed by atoms with Crippen molar-refractivity contribution in [2.45, 2.75) is 59.3 Å². The Morgan fingerprint density at radius 2 is 1.93 bits per heavy atom. The molecule has 1 amide bonds. The molecule has 1 aromatic rings. The second-order valence-electron chi connectivity index (χ2n) is 8.80. The van der Waals surface area contributed by atoms with E-state index in [9.17, 15) is 13.2 Å². The molecule has 2 aliphatic rings. The van der Waals surface area contributed by atoms with Gasteiger partial charge in [-0.3, -0.25) is 9.78 Å². The summed E-state index contributed by atoms with van der Waals surface area (Å²) in [6.07, 6.45) is 6.17. The largest absolute Gasteiger partial charge is 0.351 e. The van der Waals surface area contributed by atoms with Crippen LogP contribution in [-0.2, 0) is 9.84 Å². The van der Waals surface area contributed by atoms with Crippen LogP contribution in [0.25, 0.3) is 0 Å². The first kappa shape index (κ1) is 20.3. The van der Waals surface area contributed by atoms with Crippen LogP contribution in [0.1, 0.15) is 67.2 Å². The molecule has 1 heterocycles. The molecule has 1 N–H and O–H groups in total. The van der Waals surface area contributed by atoms with Gasteiger partial charge in [0.1, 0.15) is 0 Å². The molecule has 0 spiro atoms. The molecule has 0 unspecified atom stereocenters. The van der Waals surface area contributed by atoms with E-state index in [4.69, 9.17) is 0 Å². The summed E-state index contributed by atoms with van der Waals surface area (Å²) in [5.41, 5.74) is 2.36. The summed E-state index contributed by atoms with van der Waals surface area (Å²) in [6, 6.07) is 3.70. The fourth-order valence-corrected chi connectivity index (χ4v) is 6.39. The quantitative estimate of drug-likeness (QED) is 0.698. The lowest BCUT2D eigenvalue weighted by molar-refractivity contribution is 0.0475. The number of carbonyl (C=O) groups excluding carboxylic acids is 1. The van der Waals surface area contributed by atoms with Crippen LogP contribution in [0.15, 0.2) is 12.1 Å². The molecule has 2 aliphatic carbocycles. The van der Waals surface area contributed by atoms with Crippen LogP contribution in [0, 0.1) is 31.1 Å². The molecule has 0 bridgehead atoms. The summed E-state index contributed by atoms with van der Waals surface area (Å²) in [6.45, 7) is 6.33. The van der Waals surface area contributed by atoms with Crippen molar-refractivity contribution >= 4 is 15.7 Å². The van der Waals surface area contributed by atoms with Gasteiger partial charge in [-0.25, -0.2) is 8.42 Å². The summed E-state index contributed by atoms with van der Waals surface area (Å²) < 4.78 is 24.2. The van der Waals surface area contributed by atoms with E-state index in [0.717, 1.165) is 36.6 Å². The van der Waals surface area contributed by atoms with E-state index in [0.29, 0.717) is 24.3 Å². The third-order valence-corrected chi connectivity index (χ3v) is 7.97. The van der Waals surface area contributed by atoms with Crippen LogP contribution in [0.3, 0.4) is 0 Å². The lowest BCUT2D eigenvalue weighted by atomic mass is 9.60. The van der Waals surface area contributed by atoms with Crippen LogP contribution in [0.5, 0.6) is 0 Å². The average Bonchev–Trinajstić information content (AvgIpc) is 3.34. The van der Waals surface area contributed by atoms with Crippen LogP contribution in [-0.4, -0.2) is 37.4 Å². The van der Waals surface area contributed by atoms with E-state index in [2.05, 4.69) is 10.3 Å². The van der Waals surface area contributed by atoms with Crippen LogP contribution in [0.2, 0.25) is 0 Å². The van der Waals surface area contributed by atoms with Gasteiger partial charge in [-0.05, 0) is 68.9 Å². The van der Waals surface area contributed by atoms with Gasteiger partial charge >= 0.3 is 0 Å². The van der Waals surface area contributed by atoms with Gasteiger partial charge in [0, 0.05) is 18.0 Å². The van der Waals surface area contributed by atoms with Gasteiger partial charge in [-0.2, -0.15) is 0 Å². The molecule has 0 aliphatic heterocycles. The van der Waals surface area contributed by atoms with Crippen molar-refractivity contribution in [3.63, 3.8) is 0 Å². The number of hydrogen-bond acceptors (Lipinski definition) is 4. The Morgan fingerprint density at radius 3 is 2.52 bits per heavy atom. The number of nitrogens with zero attached hydrogens (tertiary/aromatic N) is 1. The summed E-state index contributed by atoms with van der Waals surface area (Å²) in [5, 5.41) is 3.12. The molecule has 0 radical (unpaired) electrons. The predicted octanol–water partition coefficient (Wildman–Crippen LogP) is 3.45. The molecular weight excluding hydrogens is 360 g/mol. The SMILES string of the molecule is CCCS(=O)(=O)C[C@H]1C[C@@](CNC(=O)c2ccc(C)nc2C)(CC2CC2)C1. The second kappa shape index (κ2) is 7.90. The van der Waals surface area contributed by atoms with Gasteiger partial charge in [0.05, 0.1) is 17.0 Å². The third kappa shape index (κ3) is 5.31. The standard InChI is InChI=1S/C21H32N2O3S/c1-4-9-27(25,26)13-18-11-21(12-18,10-17-6-7-17)14-22-20(24)19-8-5-15(2)23-16(19)3/h5,8,17-18H,4,6-7,9-14H2,1-3H3,(H,22,24)/t18-,21-. The molecule has 3 rings (SSSR count). The van der Waals surface area contributed by atoms with Crippen molar-refractivity contribution in [1.82, 2.24) is 10.3 Å². The molecule has 0 atom stereocenters. The number of amides is 1. The Kier molecular flexibility index (Phi) is 5.94. The number of rotatable bonds is 9. The molecule has 0 saturated heterocycles. The number of aryl methyl sites for hydroxylation is 2. The summed E-state index contributed by atoms with van der Waals surface area (Å²) in [7, 11) is -2.93. The molecule has 150 valence electrons. The lowest BCUT2D eigenvalue weighted by Gasteiger charge is -2.48. The number of sulfone groups is 1. The average molecular weight is 393 g/mol. The minimum Gasteiger partial charge on any atom is -0.351 e. The summed E-state index contributed by atoms with van der Waals surface area (Å²) in [5.74, 6) is 1.53. The number of nitrogens with one attached hydrogen (secondary N) is 1. The maximum Gasteiger partial charge on any atom is 0.253 e. The Morgan fingerprint density at radius 1 is 1.22 bits per heavy atom. The second-order valence-corrected chi connectivity index (χ2v) is 11.0. The summed E-state index contributed by atoms with van der Waals surface area (Å²) in [4.78, 5) is 17.0. The Balaban J connectivity index is 1.59. The fourth-order valence-electron chi connectivity index (χ4n) is 4.64. The van der Waals surface area contributed by atoms with E-state index < -0.39 is 9.84 Å². The fraction of sp³-hybridized carbons (Fsp3) is 0.714. The number of aromatic nitrogens is 1. The third-order valence-electron chi connectivity index (χ3n) is 5.96. The van der Waals surface area contributed by atoms with Gasteiger partial charge in [0.25, 0.3) is 5.91 Å². The molecule has 5 nitrogen and oxygen atoms in total. The van der Waals surface area contributed by atoms with Gasteiger partial charge in [0.15, 0.2) is 9.84 Å². The monoisotopic (exact) mass is 392 g/mol. The molecule has 6 heteroatoms. The van der Waals surface area contributed by atoms with Crippen molar-refractivity contribution in [2.75, 3.05) is 18.1 Å².